The molecule has 1 aliphatic rings. The van der Waals surface area contributed by atoms with Gasteiger partial charge in [0, 0.05) is 17.7 Å². The van der Waals surface area contributed by atoms with Gasteiger partial charge in [0.05, 0.1) is 11.8 Å². The number of pyridine rings is 1. The minimum atomic E-state index is -0.241. The first-order chi connectivity index (χ1) is 15.9. The van der Waals surface area contributed by atoms with Gasteiger partial charge >= 0.3 is 0 Å². The molecule has 9 nitrogen and oxygen atoms in total. The number of benzene rings is 1. The molecule has 1 aromatic carbocycles. The Morgan fingerprint density at radius 2 is 1.85 bits per heavy atom. The molecule has 0 saturated heterocycles. The van der Waals surface area contributed by atoms with Crippen LogP contribution in [0.4, 0.5) is 11.6 Å². The summed E-state index contributed by atoms with van der Waals surface area (Å²) in [7, 11) is 0. The van der Waals surface area contributed by atoms with Gasteiger partial charge in [0.1, 0.15) is 23.0 Å². The Kier molecular flexibility index (Phi) is 5.08. The topological polar surface area (TPSA) is 111 Å². The minimum Gasteiger partial charge on any atom is -0.466 e. The van der Waals surface area contributed by atoms with Crippen LogP contribution in [-0.2, 0) is 4.79 Å². The number of fused-ring (bicyclic) bond motifs is 1. The average molecular weight is 445 g/mol. The number of nitrogens with zero attached hydrogens (tertiary/aromatic N) is 3. The van der Waals surface area contributed by atoms with E-state index < -0.39 is 0 Å². The Morgan fingerprint density at radius 1 is 1.06 bits per heavy atom. The molecule has 0 unspecified atom stereocenters. The molecule has 0 spiro atoms. The summed E-state index contributed by atoms with van der Waals surface area (Å²) >= 11 is 0. The number of hydrogen-bond donors (Lipinski definition) is 2. The highest BCUT2D eigenvalue weighted by molar-refractivity contribution is 6.05. The van der Waals surface area contributed by atoms with E-state index in [1.165, 1.54) is 0 Å². The second-order valence-electron chi connectivity index (χ2n) is 8.23. The Balaban J connectivity index is 1.32. The number of carbonyl (C=O) groups excluding carboxylic acids is 2. The summed E-state index contributed by atoms with van der Waals surface area (Å²) in [6, 6.07) is 10.7. The summed E-state index contributed by atoms with van der Waals surface area (Å²) < 4.78 is 13.0. The maximum absolute atomic E-state index is 12.7. The van der Waals surface area contributed by atoms with Gasteiger partial charge in [-0.1, -0.05) is 6.07 Å². The number of furan rings is 1. The van der Waals surface area contributed by atoms with E-state index in [0.29, 0.717) is 39.9 Å². The molecule has 2 amide bonds. The summed E-state index contributed by atoms with van der Waals surface area (Å²) in [4.78, 5) is 28.9. The van der Waals surface area contributed by atoms with Crippen LogP contribution in [0.5, 0.6) is 11.5 Å². The first-order valence-electron chi connectivity index (χ1n) is 10.7. The van der Waals surface area contributed by atoms with Crippen molar-refractivity contribution in [2.75, 3.05) is 10.6 Å². The number of carbonyl (C=O) groups is 2. The summed E-state index contributed by atoms with van der Waals surface area (Å²) in [5, 5.41) is 9.98. The summed E-state index contributed by atoms with van der Waals surface area (Å²) in [5.41, 5.74) is 2.63. The highest BCUT2D eigenvalue weighted by atomic mass is 16.5. The zero-order valence-electron chi connectivity index (χ0n) is 18.5. The number of rotatable bonds is 6. The van der Waals surface area contributed by atoms with Crippen molar-refractivity contribution in [2.45, 2.75) is 33.6 Å². The molecule has 0 radical (unpaired) electrons. The van der Waals surface area contributed by atoms with Crippen LogP contribution in [0.25, 0.3) is 5.65 Å². The van der Waals surface area contributed by atoms with Crippen molar-refractivity contribution in [1.29, 1.82) is 0 Å². The third kappa shape index (κ3) is 4.43. The lowest BCUT2D eigenvalue weighted by Crippen LogP contribution is -2.14. The van der Waals surface area contributed by atoms with E-state index in [0.717, 1.165) is 18.4 Å². The lowest BCUT2D eigenvalue weighted by atomic mass is 10.1. The van der Waals surface area contributed by atoms with Crippen molar-refractivity contribution in [3.8, 4) is 11.5 Å². The number of nitrogens with one attached hydrogen (secondary N) is 2. The van der Waals surface area contributed by atoms with E-state index in [1.54, 1.807) is 48.8 Å². The van der Waals surface area contributed by atoms with Crippen LogP contribution in [0, 0.1) is 26.7 Å². The molecule has 2 N–H and O–H groups in total. The van der Waals surface area contributed by atoms with Gasteiger partial charge in [0.15, 0.2) is 5.65 Å². The number of aromatic nitrogens is 3. The molecule has 0 aliphatic heterocycles. The Hall–Kier alpha value is -4.14. The van der Waals surface area contributed by atoms with Crippen LogP contribution in [-0.4, -0.2) is 26.4 Å². The molecule has 33 heavy (non-hydrogen) atoms. The van der Waals surface area contributed by atoms with Crippen molar-refractivity contribution < 1.29 is 18.7 Å². The zero-order valence-corrected chi connectivity index (χ0v) is 18.5. The summed E-state index contributed by atoms with van der Waals surface area (Å²) in [6.45, 7) is 5.47. The van der Waals surface area contributed by atoms with Crippen molar-refractivity contribution in [2.24, 2.45) is 5.92 Å². The normalized spacial score (nSPS) is 13.2. The maximum atomic E-state index is 12.7. The van der Waals surface area contributed by atoms with Crippen LogP contribution < -0.4 is 15.4 Å². The molecule has 0 bridgehead atoms. The van der Waals surface area contributed by atoms with Crippen molar-refractivity contribution in [3.63, 3.8) is 0 Å². The van der Waals surface area contributed by atoms with Gasteiger partial charge in [-0.05, 0) is 63.4 Å². The molecule has 3 aromatic heterocycles. The lowest BCUT2D eigenvalue weighted by molar-refractivity contribution is -0.117. The Morgan fingerprint density at radius 3 is 2.58 bits per heavy atom. The van der Waals surface area contributed by atoms with Crippen LogP contribution in [0.15, 0.2) is 47.0 Å². The van der Waals surface area contributed by atoms with Crippen LogP contribution >= 0.6 is 0 Å². The fraction of sp³-hybridized carbons (Fsp3) is 0.250. The predicted octanol–water partition coefficient (Wildman–Crippen LogP) is 4.64. The monoisotopic (exact) mass is 445 g/mol. The standard InChI is InChI=1S/C24H23N5O4/c1-13-4-7-17(11-20(13)25-23(31)19-10-14(2)32-15(19)3)33-18-8-9-21-26-24(28-29(21)12-18)27-22(30)16-5-6-16/h4,7-12,16H,5-6H2,1-3H3,(H,25,31)(H,27,28,30). The average Bonchev–Trinajstić information content (AvgIpc) is 3.46. The largest absolute Gasteiger partial charge is 0.466 e. The quantitative estimate of drug-likeness (QED) is 0.447. The van der Waals surface area contributed by atoms with Crippen molar-refractivity contribution in [3.05, 3.63) is 65.2 Å². The molecule has 1 fully saturated rings. The molecular formula is C24H23N5O4. The highest BCUT2D eigenvalue weighted by Gasteiger charge is 2.30. The third-order valence-electron chi connectivity index (χ3n) is 5.47. The number of aryl methyl sites for hydroxylation is 3. The molecule has 4 aromatic rings. The predicted molar refractivity (Wildman–Crippen MR) is 122 cm³/mol. The van der Waals surface area contributed by atoms with E-state index in [2.05, 4.69) is 20.7 Å². The van der Waals surface area contributed by atoms with Crippen molar-refractivity contribution >= 4 is 29.1 Å². The van der Waals surface area contributed by atoms with Gasteiger partial charge in [0.25, 0.3) is 5.91 Å². The van der Waals surface area contributed by atoms with Gasteiger partial charge in [-0.15, -0.1) is 5.10 Å². The van der Waals surface area contributed by atoms with Gasteiger partial charge in [0.2, 0.25) is 11.9 Å². The van der Waals surface area contributed by atoms with E-state index >= 15 is 0 Å². The molecule has 0 atom stereocenters. The molecular weight excluding hydrogens is 422 g/mol. The second-order valence-corrected chi connectivity index (χ2v) is 8.23. The summed E-state index contributed by atoms with van der Waals surface area (Å²) in [6.07, 6.45) is 3.51. The van der Waals surface area contributed by atoms with Crippen LogP contribution in [0.3, 0.4) is 0 Å². The molecule has 1 saturated carbocycles. The molecule has 1 aliphatic carbocycles. The third-order valence-corrected chi connectivity index (χ3v) is 5.47. The minimum absolute atomic E-state index is 0.0441. The smallest absolute Gasteiger partial charge is 0.259 e. The first kappa shape index (κ1) is 20.7. The molecule has 3 heterocycles. The van der Waals surface area contributed by atoms with Crippen LogP contribution in [0.1, 0.15) is 40.3 Å². The van der Waals surface area contributed by atoms with E-state index in [-0.39, 0.29) is 23.7 Å². The SMILES string of the molecule is Cc1cc(C(=O)Nc2cc(Oc3ccc4nc(NC(=O)C5CC5)nn4c3)ccc2C)c(C)o1. The lowest BCUT2D eigenvalue weighted by Gasteiger charge is -2.11. The molecule has 168 valence electrons. The van der Waals surface area contributed by atoms with Crippen molar-refractivity contribution in [1.82, 2.24) is 14.6 Å². The Bertz CT molecular complexity index is 1380. The second kappa shape index (κ2) is 8.09. The van der Waals surface area contributed by atoms with Gasteiger partial charge in [-0.2, -0.15) is 4.98 Å². The van der Waals surface area contributed by atoms with Gasteiger partial charge in [-0.3, -0.25) is 14.9 Å². The fourth-order valence-corrected chi connectivity index (χ4v) is 3.52. The number of anilines is 2. The number of amides is 2. The molecule has 9 heteroatoms. The summed E-state index contributed by atoms with van der Waals surface area (Å²) in [5.74, 6) is 2.41. The first-order valence-corrected chi connectivity index (χ1v) is 10.7. The van der Waals surface area contributed by atoms with Crippen LogP contribution in [0.2, 0.25) is 0 Å². The highest BCUT2D eigenvalue weighted by Crippen LogP contribution is 2.30. The number of ether oxygens (including phenoxy) is 1. The fourth-order valence-electron chi connectivity index (χ4n) is 3.52. The van der Waals surface area contributed by atoms with E-state index in [9.17, 15) is 9.59 Å². The van der Waals surface area contributed by atoms with E-state index in [1.807, 2.05) is 19.1 Å². The molecule has 5 rings (SSSR count). The maximum Gasteiger partial charge on any atom is 0.259 e. The van der Waals surface area contributed by atoms with E-state index in [4.69, 9.17) is 9.15 Å². The number of hydrogen-bond acceptors (Lipinski definition) is 6. The zero-order chi connectivity index (χ0) is 23.1. The van der Waals surface area contributed by atoms with Gasteiger partial charge in [-0.25, -0.2) is 4.52 Å². The Labute approximate surface area is 189 Å². The van der Waals surface area contributed by atoms with Gasteiger partial charge < -0.3 is 14.5 Å².